The smallest absolute Gasteiger partial charge is 0.322 e. The summed E-state index contributed by atoms with van der Waals surface area (Å²) in [6.07, 6.45) is 0.847. The number of anilines is 1. The first kappa shape index (κ1) is 21.6. The lowest BCUT2D eigenvalue weighted by molar-refractivity contribution is -0.144. The SMILES string of the molecule is COC(=O)[C@H](CC(C)C)NC1(Cc2cccc(Cl)c2)C(=O)Nc2cc(Cl)ccc21. The summed E-state index contributed by atoms with van der Waals surface area (Å²) in [5.74, 6) is -0.421. The minimum absolute atomic E-state index is 0.226. The van der Waals surface area contributed by atoms with Crippen LogP contribution in [0.25, 0.3) is 0 Å². The molecule has 0 bridgehead atoms. The monoisotopic (exact) mass is 434 g/mol. The van der Waals surface area contributed by atoms with Gasteiger partial charge in [0.25, 0.3) is 0 Å². The van der Waals surface area contributed by atoms with Crippen LogP contribution in [0.4, 0.5) is 5.69 Å². The number of amides is 1. The Morgan fingerprint density at radius 3 is 2.55 bits per heavy atom. The Balaban J connectivity index is 2.09. The number of methoxy groups -OCH3 is 1. The van der Waals surface area contributed by atoms with Gasteiger partial charge in [-0.05, 0) is 42.2 Å². The summed E-state index contributed by atoms with van der Waals surface area (Å²) in [5.41, 5.74) is 1.09. The Hall–Kier alpha value is -2.08. The highest BCUT2D eigenvalue weighted by atomic mass is 35.5. The van der Waals surface area contributed by atoms with Crippen molar-refractivity contribution in [3.63, 3.8) is 0 Å². The van der Waals surface area contributed by atoms with Gasteiger partial charge in [-0.25, -0.2) is 0 Å². The van der Waals surface area contributed by atoms with E-state index in [0.29, 0.717) is 28.6 Å². The van der Waals surface area contributed by atoms with Gasteiger partial charge in [-0.15, -0.1) is 0 Å². The summed E-state index contributed by atoms with van der Waals surface area (Å²) in [4.78, 5) is 25.8. The van der Waals surface area contributed by atoms with E-state index in [1.807, 2.05) is 38.1 Å². The van der Waals surface area contributed by atoms with Crippen LogP contribution < -0.4 is 10.6 Å². The number of carbonyl (C=O) groups excluding carboxylic acids is 2. The van der Waals surface area contributed by atoms with Gasteiger partial charge in [-0.2, -0.15) is 0 Å². The normalized spacial score (nSPS) is 19.0. The molecule has 0 radical (unpaired) electrons. The summed E-state index contributed by atoms with van der Waals surface area (Å²) < 4.78 is 5.00. The number of hydrogen-bond donors (Lipinski definition) is 2. The number of benzene rings is 2. The minimum atomic E-state index is -1.15. The molecule has 0 spiro atoms. The fourth-order valence-electron chi connectivity index (χ4n) is 3.79. The lowest BCUT2D eigenvalue weighted by Gasteiger charge is -2.33. The molecule has 2 atom stereocenters. The van der Waals surface area contributed by atoms with E-state index in [9.17, 15) is 9.59 Å². The van der Waals surface area contributed by atoms with Crippen molar-refractivity contribution < 1.29 is 14.3 Å². The highest BCUT2D eigenvalue weighted by molar-refractivity contribution is 6.31. The van der Waals surface area contributed by atoms with E-state index in [1.54, 1.807) is 18.2 Å². The molecule has 2 aromatic rings. The third-order valence-electron chi connectivity index (χ3n) is 5.05. The van der Waals surface area contributed by atoms with Crippen LogP contribution in [-0.2, 0) is 26.3 Å². The molecule has 2 N–H and O–H groups in total. The quantitative estimate of drug-likeness (QED) is 0.626. The maximum absolute atomic E-state index is 13.3. The van der Waals surface area contributed by atoms with E-state index < -0.39 is 17.6 Å². The van der Waals surface area contributed by atoms with Crippen molar-refractivity contribution in [3.05, 3.63) is 63.6 Å². The molecule has 2 aromatic carbocycles. The number of esters is 1. The molecule has 0 aliphatic carbocycles. The fraction of sp³-hybridized carbons (Fsp3) is 0.364. The largest absolute Gasteiger partial charge is 0.468 e. The third-order valence-corrected chi connectivity index (χ3v) is 5.52. The molecule has 154 valence electrons. The maximum atomic E-state index is 13.3. The standard InChI is InChI=1S/C22H24Cl2N2O3/c1-13(2)9-19(20(27)29-3)26-22(12-14-5-4-6-15(23)10-14)17-8-7-16(24)11-18(17)25-21(22)28/h4-8,10-11,13,19,26H,9,12H2,1-3H3,(H,25,28)/t19-,22?/m0/s1. The van der Waals surface area contributed by atoms with E-state index in [-0.39, 0.29) is 11.8 Å². The Morgan fingerprint density at radius 2 is 1.90 bits per heavy atom. The van der Waals surface area contributed by atoms with Gasteiger partial charge in [0.05, 0.1) is 7.11 Å². The van der Waals surface area contributed by atoms with Crippen LogP contribution in [0.2, 0.25) is 10.0 Å². The summed E-state index contributed by atoms with van der Waals surface area (Å²) in [7, 11) is 1.35. The van der Waals surface area contributed by atoms with Gasteiger partial charge >= 0.3 is 5.97 Å². The van der Waals surface area contributed by atoms with Crippen LogP contribution in [0, 0.1) is 5.92 Å². The maximum Gasteiger partial charge on any atom is 0.322 e. The van der Waals surface area contributed by atoms with Crippen molar-refractivity contribution in [2.75, 3.05) is 12.4 Å². The minimum Gasteiger partial charge on any atom is -0.468 e. The van der Waals surface area contributed by atoms with Gasteiger partial charge < -0.3 is 10.1 Å². The highest BCUT2D eigenvalue weighted by Gasteiger charge is 2.49. The first-order valence-corrected chi connectivity index (χ1v) is 10.2. The summed E-state index contributed by atoms with van der Waals surface area (Å²) in [6.45, 7) is 4.04. The van der Waals surface area contributed by atoms with Crippen molar-refractivity contribution >= 4 is 40.8 Å². The van der Waals surface area contributed by atoms with E-state index in [1.165, 1.54) is 7.11 Å². The molecule has 0 aromatic heterocycles. The third kappa shape index (κ3) is 4.58. The summed E-state index contributed by atoms with van der Waals surface area (Å²) in [6, 6.07) is 12.0. The lowest BCUT2D eigenvalue weighted by atomic mass is 9.83. The molecule has 5 nitrogen and oxygen atoms in total. The van der Waals surface area contributed by atoms with Gasteiger partial charge in [-0.1, -0.05) is 55.2 Å². The molecule has 1 aliphatic heterocycles. The molecule has 0 fully saturated rings. The average molecular weight is 435 g/mol. The number of nitrogens with one attached hydrogen (secondary N) is 2. The summed E-state index contributed by atoms with van der Waals surface area (Å²) >= 11 is 12.3. The fourth-order valence-corrected chi connectivity index (χ4v) is 4.18. The van der Waals surface area contributed by atoms with E-state index >= 15 is 0 Å². The van der Waals surface area contributed by atoms with Crippen molar-refractivity contribution in [1.29, 1.82) is 0 Å². The number of hydrogen-bond acceptors (Lipinski definition) is 4. The van der Waals surface area contributed by atoms with E-state index in [4.69, 9.17) is 27.9 Å². The molecule has 0 saturated heterocycles. The zero-order chi connectivity index (χ0) is 21.2. The van der Waals surface area contributed by atoms with Crippen molar-refractivity contribution in [3.8, 4) is 0 Å². The van der Waals surface area contributed by atoms with Crippen molar-refractivity contribution in [2.24, 2.45) is 5.92 Å². The molecule has 7 heteroatoms. The lowest BCUT2D eigenvalue weighted by Crippen LogP contribution is -2.56. The van der Waals surface area contributed by atoms with E-state index in [2.05, 4.69) is 10.6 Å². The van der Waals surface area contributed by atoms with Crippen LogP contribution >= 0.6 is 23.2 Å². The topological polar surface area (TPSA) is 67.4 Å². The molecule has 1 amide bonds. The van der Waals surface area contributed by atoms with Crippen LogP contribution in [0.3, 0.4) is 0 Å². The number of ether oxygens (including phenoxy) is 1. The Labute approximate surface area is 180 Å². The number of rotatable bonds is 7. The van der Waals surface area contributed by atoms with Crippen LogP contribution in [-0.4, -0.2) is 25.0 Å². The molecule has 29 heavy (non-hydrogen) atoms. The van der Waals surface area contributed by atoms with Gasteiger partial charge in [0.2, 0.25) is 5.91 Å². The molecule has 1 aliphatic rings. The molecule has 3 rings (SSSR count). The second-order valence-electron chi connectivity index (χ2n) is 7.71. The van der Waals surface area contributed by atoms with Crippen molar-refractivity contribution in [2.45, 2.75) is 38.3 Å². The van der Waals surface area contributed by atoms with E-state index in [0.717, 1.165) is 11.1 Å². The molecule has 1 heterocycles. The second-order valence-corrected chi connectivity index (χ2v) is 8.58. The molecule has 0 saturated carbocycles. The zero-order valence-electron chi connectivity index (χ0n) is 16.6. The Bertz CT molecular complexity index is 932. The van der Waals surface area contributed by atoms with Crippen LogP contribution in [0.5, 0.6) is 0 Å². The summed E-state index contributed by atoms with van der Waals surface area (Å²) in [5, 5.41) is 7.35. The van der Waals surface area contributed by atoms with Gasteiger partial charge in [0, 0.05) is 27.7 Å². The molecule has 1 unspecified atom stereocenters. The first-order valence-electron chi connectivity index (χ1n) is 9.46. The Morgan fingerprint density at radius 1 is 1.17 bits per heavy atom. The number of halogens is 2. The predicted molar refractivity (Wildman–Crippen MR) is 115 cm³/mol. The van der Waals surface area contributed by atoms with Gasteiger partial charge in [0.15, 0.2) is 0 Å². The number of fused-ring (bicyclic) bond motifs is 1. The van der Waals surface area contributed by atoms with Gasteiger partial charge in [-0.3, -0.25) is 14.9 Å². The first-order chi connectivity index (χ1) is 13.7. The number of carbonyl (C=O) groups is 2. The Kier molecular flexibility index (Phi) is 6.52. The van der Waals surface area contributed by atoms with Gasteiger partial charge in [0.1, 0.15) is 11.6 Å². The predicted octanol–water partition coefficient (Wildman–Crippen LogP) is 4.56. The highest BCUT2D eigenvalue weighted by Crippen LogP contribution is 2.40. The van der Waals surface area contributed by atoms with Crippen molar-refractivity contribution in [1.82, 2.24) is 5.32 Å². The van der Waals surface area contributed by atoms with Crippen LogP contribution in [0.15, 0.2) is 42.5 Å². The molecular formula is C22H24Cl2N2O3. The zero-order valence-corrected chi connectivity index (χ0v) is 18.1. The second kappa shape index (κ2) is 8.74. The van der Waals surface area contributed by atoms with Crippen LogP contribution in [0.1, 0.15) is 31.4 Å². The average Bonchev–Trinajstić information content (AvgIpc) is 2.90. The molecular weight excluding hydrogens is 411 g/mol.